The molecule has 2 saturated heterocycles. The van der Waals surface area contributed by atoms with Gasteiger partial charge in [-0.05, 0) is 32.2 Å². The van der Waals surface area contributed by atoms with Crippen molar-refractivity contribution < 1.29 is 9.53 Å². The van der Waals surface area contributed by atoms with Crippen LogP contribution < -0.4 is 10.6 Å². The Bertz CT molecular complexity index is 209. The number of ether oxygens (including phenoxy) is 1. The molecule has 0 aromatic rings. The smallest absolute Gasteiger partial charge is 0.225 e. The van der Waals surface area contributed by atoms with Gasteiger partial charge >= 0.3 is 0 Å². The first kappa shape index (κ1) is 10.9. The summed E-state index contributed by atoms with van der Waals surface area (Å²) >= 11 is 0. The quantitative estimate of drug-likeness (QED) is 0.706. The molecule has 2 fully saturated rings. The number of carbonyl (C=O) groups excluding carboxylic acids is 1. The van der Waals surface area contributed by atoms with Crippen LogP contribution in [-0.4, -0.2) is 38.3 Å². The molecule has 15 heavy (non-hydrogen) atoms. The first-order valence-electron chi connectivity index (χ1n) is 5.95. The predicted molar refractivity (Wildman–Crippen MR) is 57.6 cm³/mol. The van der Waals surface area contributed by atoms with Gasteiger partial charge in [-0.15, -0.1) is 0 Å². The molecule has 4 nitrogen and oxygen atoms in total. The van der Waals surface area contributed by atoms with Gasteiger partial charge in [0.2, 0.25) is 5.91 Å². The van der Waals surface area contributed by atoms with E-state index >= 15 is 0 Å². The number of hydrogen-bond acceptors (Lipinski definition) is 3. The summed E-state index contributed by atoms with van der Waals surface area (Å²) in [5, 5.41) is 6.38. The van der Waals surface area contributed by atoms with E-state index in [1.54, 1.807) is 0 Å². The molecule has 2 unspecified atom stereocenters. The molecule has 0 aromatic carbocycles. The van der Waals surface area contributed by atoms with Crippen LogP contribution in [0.5, 0.6) is 0 Å². The summed E-state index contributed by atoms with van der Waals surface area (Å²) < 4.78 is 5.30. The van der Waals surface area contributed by atoms with E-state index in [1.165, 1.54) is 12.8 Å². The van der Waals surface area contributed by atoms with Gasteiger partial charge in [-0.25, -0.2) is 0 Å². The first-order chi connectivity index (χ1) is 7.36. The van der Waals surface area contributed by atoms with Crippen LogP contribution >= 0.6 is 0 Å². The molecular weight excluding hydrogens is 192 g/mol. The van der Waals surface area contributed by atoms with Crippen LogP contribution in [0.25, 0.3) is 0 Å². The highest BCUT2D eigenvalue weighted by Gasteiger charge is 2.22. The fourth-order valence-corrected chi connectivity index (χ4v) is 2.25. The number of amides is 1. The van der Waals surface area contributed by atoms with Crippen LogP contribution in [0.2, 0.25) is 0 Å². The minimum Gasteiger partial charge on any atom is -0.381 e. The van der Waals surface area contributed by atoms with Crippen LogP contribution in [0.4, 0.5) is 0 Å². The predicted octanol–water partition coefficient (Wildman–Crippen LogP) is 0.281. The van der Waals surface area contributed by atoms with Gasteiger partial charge in [0.15, 0.2) is 0 Å². The van der Waals surface area contributed by atoms with Crippen molar-refractivity contribution in [3.05, 3.63) is 0 Å². The zero-order chi connectivity index (χ0) is 10.5. The van der Waals surface area contributed by atoms with E-state index in [9.17, 15) is 4.79 Å². The highest BCUT2D eigenvalue weighted by Crippen LogP contribution is 2.13. The standard InChI is InChI=1S/C11H20N2O2/c14-11(9-3-2-6-15-8-9)13-7-10-4-1-5-12-10/h9-10,12H,1-8H2,(H,13,14). The van der Waals surface area contributed by atoms with E-state index in [2.05, 4.69) is 10.6 Å². The molecule has 0 aliphatic carbocycles. The summed E-state index contributed by atoms with van der Waals surface area (Å²) in [6.07, 6.45) is 4.40. The van der Waals surface area contributed by atoms with Gasteiger partial charge in [0.25, 0.3) is 0 Å². The second-order valence-corrected chi connectivity index (χ2v) is 4.45. The normalized spacial score (nSPS) is 31.5. The van der Waals surface area contributed by atoms with Crippen molar-refractivity contribution in [2.45, 2.75) is 31.7 Å². The Morgan fingerprint density at radius 3 is 3.00 bits per heavy atom. The maximum atomic E-state index is 11.7. The van der Waals surface area contributed by atoms with E-state index in [0.717, 1.165) is 32.5 Å². The van der Waals surface area contributed by atoms with Crippen LogP contribution in [0.3, 0.4) is 0 Å². The molecule has 2 atom stereocenters. The van der Waals surface area contributed by atoms with Gasteiger partial charge in [-0.1, -0.05) is 0 Å². The van der Waals surface area contributed by atoms with Gasteiger partial charge in [-0.2, -0.15) is 0 Å². The lowest BCUT2D eigenvalue weighted by molar-refractivity contribution is -0.129. The number of rotatable bonds is 3. The Hall–Kier alpha value is -0.610. The Labute approximate surface area is 90.8 Å². The van der Waals surface area contributed by atoms with E-state index < -0.39 is 0 Å². The highest BCUT2D eigenvalue weighted by molar-refractivity contribution is 5.78. The Morgan fingerprint density at radius 2 is 2.33 bits per heavy atom. The summed E-state index contributed by atoms with van der Waals surface area (Å²) in [4.78, 5) is 11.7. The zero-order valence-electron chi connectivity index (χ0n) is 9.13. The van der Waals surface area contributed by atoms with Crippen molar-refractivity contribution in [2.75, 3.05) is 26.3 Å². The third kappa shape index (κ3) is 3.18. The molecule has 2 N–H and O–H groups in total. The maximum Gasteiger partial charge on any atom is 0.225 e. The maximum absolute atomic E-state index is 11.7. The molecule has 0 radical (unpaired) electrons. The van der Waals surface area contributed by atoms with Crippen LogP contribution in [0, 0.1) is 5.92 Å². The summed E-state index contributed by atoms with van der Waals surface area (Å²) in [5.74, 6) is 0.253. The lowest BCUT2D eigenvalue weighted by atomic mass is 10.0. The molecule has 2 heterocycles. The fourth-order valence-electron chi connectivity index (χ4n) is 2.25. The third-order valence-electron chi connectivity index (χ3n) is 3.22. The summed E-state index contributed by atoms with van der Waals surface area (Å²) in [5.41, 5.74) is 0. The Morgan fingerprint density at radius 1 is 1.40 bits per heavy atom. The Balaban J connectivity index is 1.66. The van der Waals surface area contributed by atoms with Gasteiger partial charge < -0.3 is 15.4 Å². The first-order valence-corrected chi connectivity index (χ1v) is 5.95. The average molecular weight is 212 g/mol. The SMILES string of the molecule is O=C(NCC1CCCN1)C1CCCOC1. The van der Waals surface area contributed by atoms with Crippen LogP contribution in [0.15, 0.2) is 0 Å². The summed E-state index contributed by atoms with van der Waals surface area (Å²) in [6, 6.07) is 0.485. The topological polar surface area (TPSA) is 50.4 Å². The molecule has 0 bridgehead atoms. The van der Waals surface area contributed by atoms with Crippen molar-refractivity contribution in [2.24, 2.45) is 5.92 Å². The molecule has 0 spiro atoms. The monoisotopic (exact) mass is 212 g/mol. The van der Waals surface area contributed by atoms with Crippen molar-refractivity contribution in [3.63, 3.8) is 0 Å². The van der Waals surface area contributed by atoms with E-state index in [1.807, 2.05) is 0 Å². The average Bonchev–Trinajstić information content (AvgIpc) is 2.80. The number of hydrogen-bond donors (Lipinski definition) is 2. The molecule has 86 valence electrons. The Kier molecular flexibility index (Phi) is 3.97. The lowest BCUT2D eigenvalue weighted by Crippen LogP contribution is -2.41. The van der Waals surface area contributed by atoms with Crippen molar-refractivity contribution >= 4 is 5.91 Å². The lowest BCUT2D eigenvalue weighted by Gasteiger charge is -2.22. The number of nitrogens with one attached hydrogen (secondary N) is 2. The number of carbonyl (C=O) groups is 1. The van der Waals surface area contributed by atoms with Crippen molar-refractivity contribution in [1.29, 1.82) is 0 Å². The third-order valence-corrected chi connectivity index (χ3v) is 3.22. The largest absolute Gasteiger partial charge is 0.381 e. The minimum atomic E-state index is 0.0835. The molecule has 2 aliphatic heterocycles. The minimum absolute atomic E-state index is 0.0835. The second-order valence-electron chi connectivity index (χ2n) is 4.45. The molecule has 0 saturated carbocycles. The second kappa shape index (κ2) is 5.47. The molecule has 1 amide bonds. The molecule has 2 rings (SSSR count). The van der Waals surface area contributed by atoms with Crippen molar-refractivity contribution in [1.82, 2.24) is 10.6 Å². The molecule has 0 aromatic heterocycles. The van der Waals surface area contributed by atoms with Gasteiger partial charge in [0, 0.05) is 19.2 Å². The van der Waals surface area contributed by atoms with E-state index in [0.29, 0.717) is 12.6 Å². The van der Waals surface area contributed by atoms with Crippen molar-refractivity contribution in [3.8, 4) is 0 Å². The van der Waals surface area contributed by atoms with E-state index in [-0.39, 0.29) is 11.8 Å². The van der Waals surface area contributed by atoms with Gasteiger partial charge in [-0.3, -0.25) is 4.79 Å². The van der Waals surface area contributed by atoms with Gasteiger partial charge in [0.05, 0.1) is 12.5 Å². The summed E-state index contributed by atoms with van der Waals surface area (Å²) in [7, 11) is 0. The summed E-state index contributed by atoms with van der Waals surface area (Å²) in [6.45, 7) is 3.28. The zero-order valence-corrected chi connectivity index (χ0v) is 9.13. The fraction of sp³-hybridized carbons (Fsp3) is 0.909. The van der Waals surface area contributed by atoms with Crippen LogP contribution in [-0.2, 0) is 9.53 Å². The van der Waals surface area contributed by atoms with Gasteiger partial charge in [0.1, 0.15) is 0 Å². The van der Waals surface area contributed by atoms with E-state index in [4.69, 9.17) is 4.74 Å². The molecular formula is C11H20N2O2. The molecule has 2 aliphatic rings. The molecule has 4 heteroatoms. The highest BCUT2D eigenvalue weighted by atomic mass is 16.5. The van der Waals surface area contributed by atoms with Crippen LogP contribution in [0.1, 0.15) is 25.7 Å².